The Bertz CT molecular complexity index is 1240. The number of halogens is 2. The average Bonchev–Trinajstić information content (AvgIpc) is 3.09. The molecule has 0 atom stereocenters. The van der Waals surface area contributed by atoms with Crippen LogP contribution in [0.4, 0.5) is 5.69 Å². The van der Waals surface area contributed by atoms with Gasteiger partial charge in [-0.25, -0.2) is 4.85 Å². The van der Waals surface area contributed by atoms with Gasteiger partial charge in [0.2, 0.25) is 5.69 Å². The zero-order chi connectivity index (χ0) is 20.7. The summed E-state index contributed by atoms with van der Waals surface area (Å²) in [4.78, 5) is 20.2. The third kappa shape index (κ3) is 3.14. The van der Waals surface area contributed by atoms with E-state index >= 15 is 0 Å². The molecule has 0 fully saturated rings. The highest BCUT2D eigenvalue weighted by Gasteiger charge is 2.25. The topological polar surface area (TPSA) is 77.6 Å². The van der Waals surface area contributed by atoms with Crippen molar-refractivity contribution in [3.63, 3.8) is 0 Å². The third-order valence-corrected chi connectivity index (χ3v) is 5.49. The number of aliphatic imine (C=N–C) groups is 1. The SMILES string of the molecule is [C-]#[N+]c1c(Cl)cccc1-c1c(-c2cc(Cl)c3c(c2)C(CN)=NCC3=O)cnn1C. The van der Waals surface area contributed by atoms with E-state index in [1.165, 1.54) is 0 Å². The number of carbonyl (C=O) groups is 1. The normalized spacial score (nSPS) is 13.1. The maximum atomic E-state index is 12.3. The lowest BCUT2D eigenvalue weighted by molar-refractivity contribution is 0.100. The second kappa shape index (κ2) is 7.45. The summed E-state index contributed by atoms with van der Waals surface area (Å²) < 4.78 is 1.69. The molecule has 0 saturated heterocycles. The van der Waals surface area contributed by atoms with Crippen LogP contribution < -0.4 is 5.73 Å². The zero-order valence-electron chi connectivity index (χ0n) is 15.4. The van der Waals surface area contributed by atoms with E-state index in [0.29, 0.717) is 38.1 Å². The molecule has 29 heavy (non-hydrogen) atoms. The van der Waals surface area contributed by atoms with Crippen LogP contribution in [0.15, 0.2) is 41.5 Å². The number of fused-ring (bicyclic) bond motifs is 1. The molecule has 0 saturated carbocycles. The van der Waals surface area contributed by atoms with Crippen LogP contribution in [0.5, 0.6) is 0 Å². The predicted octanol–water partition coefficient (Wildman–Crippen LogP) is 4.56. The van der Waals surface area contributed by atoms with Crippen molar-refractivity contribution in [1.29, 1.82) is 0 Å². The molecular formula is C21H15Cl2N5O. The van der Waals surface area contributed by atoms with Crippen LogP contribution in [0.1, 0.15) is 15.9 Å². The molecule has 0 spiro atoms. The minimum atomic E-state index is -0.134. The lowest BCUT2D eigenvalue weighted by Gasteiger charge is -2.18. The van der Waals surface area contributed by atoms with Gasteiger partial charge in [-0.2, -0.15) is 5.10 Å². The highest BCUT2D eigenvalue weighted by molar-refractivity contribution is 6.36. The maximum Gasteiger partial charge on any atom is 0.214 e. The molecule has 2 heterocycles. The van der Waals surface area contributed by atoms with E-state index in [2.05, 4.69) is 14.9 Å². The summed E-state index contributed by atoms with van der Waals surface area (Å²) >= 11 is 12.7. The second-order valence-electron chi connectivity index (χ2n) is 6.55. The molecule has 144 valence electrons. The lowest BCUT2D eigenvalue weighted by atomic mass is 9.91. The van der Waals surface area contributed by atoms with Gasteiger partial charge < -0.3 is 5.73 Å². The van der Waals surface area contributed by atoms with Crippen molar-refractivity contribution in [1.82, 2.24) is 9.78 Å². The minimum Gasteiger partial charge on any atom is -0.325 e. The van der Waals surface area contributed by atoms with E-state index in [1.54, 1.807) is 36.1 Å². The largest absolute Gasteiger partial charge is 0.325 e. The molecule has 2 aromatic carbocycles. The number of Topliss-reactive ketones (excluding diaryl/α,β-unsaturated/α-hetero) is 1. The molecule has 4 rings (SSSR count). The highest BCUT2D eigenvalue weighted by Crippen LogP contribution is 2.42. The molecule has 0 unspecified atom stereocenters. The van der Waals surface area contributed by atoms with Crippen molar-refractivity contribution in [3.05, 3.63) is 69.1 Å². The van der Waals surface area contributed by atoms with Crippen LogP contribution >= 0.6 is 23.2 Å². The van der Waals surface area contributed by atoms with Gasteiger partial charge >= 0.3 is 0 Å². The van der Waals surface area contributed by atoms with Gasteiger partial charge in [-0.05, 0) is 17.7 Å². The van der Waals surface area contributed by atoms with Crippen molar-refractivity contribution in [2.75, 3.05) is 13.1 Å². The van der Waals surface area contributed by atoms with Crippen LogP contribution in [0.3, 0.4) is 0 Å². The number of benzene rings is 2. The van der Waals surface area contributed by atoms with Crippen LogP contribution in [-0.4, -0.2) is 34.4 Å². The molecule has 1 aromatic heterocycles. The predicted molar refractivity (Wildman–Crippen MR) is 115 cm³/mol. The Kier molecular flexibility index (Phi) is 4.97. The summed E-state index contributed by atoms with van der Waals surface area (Å²) in [6.45, 7) is 7.78. The zero-order valence-corrected chi connectivity index (χ0v) is 16.9. The van der Waals surface area contributed by atoms with Crippen molar-refractivity contribution in [2.24, 2.45) is 17.8 Å². The van der Waals surface area contributed by atoms with Crippen LogP contribution in [-0.2, 0) is 7.05 Å². The molecule has 0 aliphatic carbocycles. The Balaban J connectivity index is 1.98. The Hall–Kier alpha value is -2.98. The number of ketones is 1. The molecule has 3 aromatic rings. The van der Waals surface area contributed by atoms with Crippen molar-refractivity contribution < 1.29 is 4.79 Å². The summed E-state index contributed by atoms with van der Waals surface area (Å²) in [5, 5.41) is 5.09. The fourth-order valence-electron chi connectivity index (χ4n) is 3.57. The first kappa shape index (κ1) is 19.3. The number of nitrogens with zero attached hydrogens (tertiary/aromatic N) is 4. The molecule has 1 aliphatic heterocycles. The summed E-state index contributed by atoms with van der Waals surface area (Å²) in [6, 6.07) is 8.89. The van der Waals surface area contributed by atoms with Gasteiger partial charge in [0.25, 0.3) is 0 Å². The first-order valence-electron chi connectivity index (χ1n) is 8.75. The van der Waals surface area contributed by atoms with Gasteiger partial charge in [0, 0.05) is 40.9 Å². The average molecular weight is 424 g/mol. The van der Waals surface area contributed by atoms with Gasteiger partial charge in [-0.3, -0.25) is 14.5 Å². The Morgan fingerprint density at radius 2 is 2.00 bits per heavy atom. The highest BCUT2D eigenvalue weighted by atomic mass is 35.5. The number of nitrogens with two attached hydrogens (primary N) is 1. The van der Waals surface area contributed by atoms with Crippen molar-refractivity contribution in [3.8, 4) is 22.4 Å². The first-order valence-corrected chi connectivity index (χ1v) is 9.51. The van der Waals surface area contributed by atoms with Crippen LogP contribution in [0, 0.1) is 6.57 Å². The van der Waals surface area contributed by atoms with Gasteiger partial charge in [0.05, 0.1) is 29.2 Å². The number of hydrogen-bond acceptors (Lipinski definition) is 4. The number of aryl methyl sites for hydroxylation is 1. The summed E-state index contributed by atoms with van der Waals surface area (Å²) in [6.07, 6.45) is 1.70. The second-order valence-corrected chi connectivity index (χ2v) is 7.36. The molecular weight excluding hydrogens is 409 g/mol. The molecule has 1 aliphatic rings. The molecule has 0 bridgehead atoms. The van der Waals surface area contributed by atoms with E-state index in [9.17, 15) is 4.79 Å². The fraction of sp³-hybridized carbons (Fsp3) is 0.143. The van der Waals surface area contributed by atoms with Crippen molar-refractivity contribution >= 4 is 40.4 Å². The molecule has 2 N–H and O–H groups in total. The number of aromatic nitrogens is 2. The third-order valence-electron chi connectivity index (χ3n) is 4.89. The number of para-hydroxylation sites is 1. The van der Waals surface area contributed by atoms with Gasteiger partial charge in [0.15, 0.2) is 5.78 Å². The van der Waals surface area contributed by atoms with Gasteiger partial charge in [-0.1, -0.05) is 41.4 Å². The van der Waals surface area contributed by atoms with E-state index in [1.807, 2.05) is 12.1 Å². The Labute approximate surface area is 177 Å². The van der Waals surface area contributed by atoms with Crippen LogP contribution in [0.25, 0.3) is 27.2 Å². The van der Waals surface area contributed by atoms with Gasteiger partial charge in [-0.15, -0.1) is 0 Å². The Morgan fingerprint density at radius 1 is 1.21 bits per heavy atom. The quantitative estimate of drug-likeness (QED) is 0.627. The van der Waals surface area contributed by atoms with E-state index in [0.717, 1.165) is 16.8 Å². The standard InChI is InChI=1S/C21H15Cl2N5O/c1-25-20-12(4-3-5-15(20)22)21-14(9-27-28(21)2)11-6-13-17(8-24)26-10-18(29)19(13)16(23)7-11/h3-7,9H,8,10,24H2,2H3. The molecule has 0 radical (unpaired) electrons. The van der Waals surface area contributed by atoms with Crippen LogP contribution in [0.2, 0.25) is 10.0 Å². The number of hydrogen-bond donors (Lipinski definition) is 1. The maximum absolute atomic E-state index is 12.3. The Morgan fingerprint density at radius 3 is 2.72 bits per heavy atom. The molecule has 8 heteroatoms. The van der Waals surface area contributed by atoms with Crippen molar-refractivity contribution in [2.45, 2.75) is 0 Å². The van der Waals surface area contributed by atoms with E-state index < -0.39 is 0 Å². The fourth-order valence-corrected chi connectivity index (χ4v) is 4.11. The summed E-state index contributed by atoms with van der Waals surface area (Å²) in [7, 11) is 1.80. The number of rotatable bonds is 3. The van der Waals surface area contributed by atoms with Gasteiger partial charge in [0.1, 0.15) is 6.54 Å². The van der Waals surface area contributed by atoms with E-state index in [-0.39, 0.29) is 18.9 Å². The van der Waals surface area contributed by atoms with E-state index in [4.69, 9.17) is 35.5 Å². The smallest absolute Gasteiger partial charge is 0.214 e. The first-order chi connectivity index (χ1) is 14.0. The molecule has 6 nitrogen and oxygen atoms in total. The molecule has 0 amide bonds. The summed E-state index contributed by atoms with van der Waals surface area (Å²) in [5.74, 6) is -0.134. The lowest BCUT2D eigenvalue weighted by Crippen LogP contribution is -2.25. The number of carbonyl (C=O) groups excluding carboxylic acids is 1. The summed E-state index contributed by atoms with van der Waals surface area (Å²) in [5.41, 5.74) is 10.8. The monoisotopic (exact) mass is 423 g/mol. The minimum absolute atomic E-state index is 0.0492.